The molecule has 0 aliphatic rings. The lowest BCUT2D eigenvalue weighted by Crippen LogP contribution is -1.88. The van der Waals surface area contributed by atoms with E-state index in [1.165, 1.54) is 0 Å². The van der Waals surface area contributed by atoms with Gasteiger partial charge in [-0.3, -0.25) is 0 Å². The summed E-state index contributed by atoms with van der Waals surface area (Å²) in [5, 5.41) is 0. The number of hydrogen-bond donors (Lipinski definition) is 0. The van der Waals surface area contributed by atoms with Gasteiger partial charge in [-0.1, -0.05) is 86.6 Å². The van der Waals surface area contributed by atoms with Crippen molar-refractivity contribution in [3.8, 4) is 0 Å². The quantitative estimate of drug-likeness (QED) is 0.592. The summed E-state index contributed by atoms with van der Waals surface area (Å²) in [5.41, 5.74) is 4.40. The van der Waals surface area contributed by atoms with Gasteiger partial charge in [-0.05, 0) is 34.4 Å². The van der Waals surface area contributed by atoms with Gasteiger partial charge < -0.3 is 0 Å². The average Bonchev–Trinajstić information content (AvgIpc) is 2.54. The van der Waals surface area contributed by atoms with E-state index in [1.807, 2.05) is 48.6 Å². The molecular weight excluding hydrogens is 272 g/mol. The fraction of sp³-hybridized carbons (Fsp3) is 0. The molecule has 2 aromatic carbocycles. The van der Waals surface area contributed by atoms with Crippen LogP contribution < -0.4 is 0 Å². The van der Waals surface area contributed by atoms with Gasteiger partial charge in [-0.15, -0.1) is 0 Å². The zero-order valence-corrected chi connectivity index (χ0v) is 12.8. The van der Waals surface area contributed by atoms with Gasteiger partial charge in [-0.25, -0.2) is 0 Å². The van der Waals surface area contributed by atoms with Gasteiger partial charge in [0.1, 0.15) is 0 Å². The highest BCUT2D eigenvalue weighted by atomic mass is 32.2. The molecule has 0 atom stereocenters. The van der Waals surface area contributed by atoms with E-state index in [4.69, 9.17) is 0 Å². The van der Waals surface area contributed by atoms with Crippen LogP contribution in [0.5, 0.6) is 0 Å². The van der Waals surface area contributed by atoms with E-state index in [0.717, 1.165) is 32.0 Å². The molecule has 0 nitrogen and oxygen atoms in total. The maximum atomic E-state index is 3.92. The lowest BCUT2D eigenvalue weighted by molar-refractivity contribution is 1.35. The van der Waals surface area contributed by atoms with E-state index in [-0.39, 0.29) is 0 Å². The van der Waals surface area contributed by atoms with Crippen LogP contribution >= 0.6 is 11.8 Å². The largest absolute Gasteiger partial charge is 0.0984 e. The molecule has 0 amide bonds. The zero-order chi connectivity index (χ0) is 15.2. The summed E-state index contributed by atoms with van der Waals surface area (Å²) < 4.78 is 0. The first kappa shape index (κ1) is 15.1. The van der Waals surface area contributed by atoms with E-state index in [2.05, 4.69) is 38.4 Å². The topological polar surface area (TPSA) is 0 Å². The highest BCUT2D eigenvalue weighted by molar-refractivity contribution is 7.99. The van der Waals surface area contributed by atoms with Crippen molar-refractivity contribution >= 4 is 36.1 Å². The first-order valence-electron chi connectivity index (χ1n) is 6.68. The maximum Gasteiger partial charge on any atom is 0.0200 e. The molecule has 0 aliphatic heterocycles. The van der Waals surface area contributed by atoms with Crippen molar-refractivity contribution in [3.05, 3.63) is 85.0 Å². The van der Waals surface area contributed by atoms with Crippen LogP contribution in [-0.2, 0) is 0 Å². The van der Waals surface area contributed by atoms with Crippen LogP contribution in [0.1, 0.15) is 22.3 Å². The number of hydrogen-bond acceptors (Lipinski definition) is 1. The van der Waals surface area contributed by atoms with Crippen molar-refractivity contribution in [2.24, 2.45) is 0 Å². The predicted molar refractivity (Wildman–Crippen MR) is 97.4 cm³/mol. The Hall–Kier alpha value is -2.25. The SMILES string of the molecule is C=Cc1cccc(Sc2cccc(C=C)c2C=C)c1C=C. The Morgan fingerprint density at radius 3 is 1.38 bits per heavy atom. The molecule has 0 N–H and O–H groups in total. The second-order valence-corrected chi connectivity index (χ2v) is 5.52. The predicted octanol–water partition coefficient (Wildman–Crippen LogP) is 6.41. The van der Waals surface area contributed by atoms with Crippen molar-refractivity contribution in [1.29, 1.82) is 0 Å². The number of benzene rings is 2. The third-order valence-corrected chi connectivity index (χ3v) is 4.42. The monoisotopic (exact) mass is 290 g/mol. The van der Waals surface area contributed by atoms with Gasteiger partial charge in [0.2, 0.25) is 0 Å². The normalized spacial score (nSPS) is 9.90. The zero-order valence-electron chi connectivity index (χ0n) is 12.0. The minimum Gasteiger partial charge on any atom is -0.0984 e. The molecular formula is C20H18S. The Labute approximate surface area is 131 Å². The third-order valence-electron chi connectivity index (χ3n) is 3.27. The van der Waals surface area contributed by atoms with Crippen LogP contribution in [0.25, 0.3) is 24.3 Å². The molecule has 0 saturated heterocycles. The van der Waals surface area contributed by atoms with Crippen LogP contribution in [0.4, 0.5) is 0 Å². The van der Waals surface area contributed by atoms with Crippen LogP contribution in [0, 0.1) is 0 Å². The summed E-state index contributed by atoms with van der Waals surface area (Å²) >= 11 is 1.71. The molecule has 0 fully saturated rings. The molecule has 2 aromatic rings. The van der Waals surface area contributed by atoms with E-state index < -0.39 is 0 Å². The second kappa shape index (κ2) is 6.96. The molecule has 21 heavy (non-hydrogen) atoms. The molecule has 0 spiro atoms. The van der Waals surface area contributed by atoms with Gasteiger partial charge in [-0.2, -0.15) is 0 Å². The smallest absolute Gasteiger partial charge is 0.0200 e. The fourth-order valence-corrected chi connectivity index (χ4v) is 3.36. The third kappa shape index (κ3) is 3.09. The molecule has 0 unspecified atom stereocenters. The van der Waals surface area contributed by atoms with Crippen molar-refractivity contribution in [2.45, 2.75) is 9.79 Å². The molecule has 104 valence electrons. The fourth-order valence-electron chi connectivity index (χ4n) is 2.21. The van der Waals surface area contributed by atoms with Gasteiger partial charge in [0.15, 0.2) is 0 Å². The Bertz CT molecular complexity index is 646. The van der Waals surface area contributed by atoms with Crippen molar-refractivity contribution in [2.75, 3.05) is 0 Å². The standard InChI is InChI=1S/C20H18S/c1-5-15-11-9-13-19(17(15)7-3)21-20-14-10-12-16(6-2)18(20)8-4/h5-14H,1-4H2. The number of rotatable bonds is 6. The lowest BCUT2D eigenvalue weighted by Gasteiger charge is -2.12. The molecule has 1 heteroatoms. The van der Waals surface area contributed by atoms with E-state index in [9.17, 15) is 0 Å². The van der Waals surface area contributed by atoms with Gasteiger partial charge in [0.25, 0.3) is 0 Å². The summed E-state index contributed by atoms with van der Waals surface area (Å²) in [6.07, 6.45) is 7.47. The molecule has 0 bridgehead atoms. The van der Waals surface area contributed by atoms with Gasteiger partial charge in [0.05, 0.1) is 0 Å². The summed E-state index contributed by atoms with van der Waals surface area (Å²) in [4.78, 5) is 2.32. The van der Waals surface area contributed by atoms with E-state index in [1.54, 1.807) is 11.8 Å². The van der Waals surface area contributed by atoms with Crippen LogP contribution in [0.2, 0.25) is 0 Å². The molecule has 0 aliphatic carbocycles. The summed E-state index contributed by atoms with van der Waals surface area (Å²) in [5.74, 6) is 0. The Balaban J connectivity index is 2.53. The molecule has 2 rings (SSSR count). The van der Waals surface area contributed by atoms with E-state index in [0.29, 0.717) is 0 Å². The Kier molecular flexibility index (Phi) is 5.02. The summed E-state index contributed by atoms with van der Waals surface area (Å²) in [6.45, 7) is 15.6. The molecule has 0 radical (unpaired) electrons. The second-order valence-electron chi connectivity index (χ2n) is 4.44. The van der Waals surface area contributed by atoms with E-state index >= 15 is 0 Å². The maximum absolute atomic E-state index is 3.92. The summed E-state index contributed by atoms with van der Waals surface area (Å²) in [7, 11) is 0. The van der Waals surface area contributed by atoms with Gasteiger partial charge >= 0.3 is 0 Å². The van der Waals surface area contributed by atoms with Crippen molar-refractivity contribution in [3.63, 3.8) is 0 Å². The highest BCUT2D eigenvalue weighted by Gasteiger charge is 2.09. The molecule has 0 aromatic heterocycles. The van der Waals surface area contributed by atoms with Crippen LogP contribution in [0.15, 0.2) is 72.5 Å². The minimum atomic E-state index is 1.09. The first-order chi connectivity index (χ1) is 10.2. The average molecular weight is 290 g/mol. The Morgan fingerprint density at radius 1 is 0.619 bits per heavy atom. The van der Waals surface area contributed by atoms with Gasteiger partial charge in [0, 0.05) is 9.79 Å². The highest BCUT2D eigenvalue weighted by Crippen LogP contribution is 2.36. The van der Waals surface area contributed by atoms with Crippen molar-refractivity contribution < 1.29 is 0 Å². The first-order valence-corrected chi connectivity index (χ1v) is 7.50. The lowest BCUT2D eigenvalue weighted by atomic mass is 10.1. The molecule has 0 heterocycles. The van der Waals surface area contributed by atoms with Crippen LogP contribution in [0.3, 0.4) is 0 Å². The Morgan fingerprint density at radius 2 is 1.05 bits per heavy atom. The van der Waals surface area contributed by atoms with Crippen molar-refractivity contribution in [1.82, 2.24) is 0 Å². The minimum absolute atomic E-state index is 1.09. The molecule has 0 saturated carbocycles. The summed E-state index contributed by atoms with van der Waals surface area (Å²) in [6, 6.07) is 12.4. The van der Waals surface area contributed by atoms with Crippen LogP contribution in [-0.4, -0.2) is 0 Å².